The number of benzene rings is 3. The molecule has 0 aliphatic heterocycles. The number of hydrogen-bond donors (Lipinski definition) is 0. The maximum Gasteiger partial charge on any atom is 0.269 e. The fourth-order valence-corrected chi connectivity index (χ4v) is 2.56. The number of aliphatic imine (C=N–C) groups is 1. The normalized spacial score (nSPS) is 10.9. The van der Waals surface area contributed by atoms with Gasteiger partial charge in [0.25, 0.3) is 5.69 Å². The van der Waals surface area contributed by atoms with Crippen molar-refractivity contribution in [3.05, 3.63) is 99.6 Å². The third-order valence-corrected chi connectivity index (χ3v) is 4.16. The SMILES string of the molecule is CCc1ccc(N=Cc2ccccc2OCc2ccc([N+](=O)[O-])cc2)cc1. The highest BCUT2D eigenvalue weighted by molar-refractivity contribution is 5.85. The molecule has 0 spiro atoms. The molecule has 5 heteroatoms. The first-order valence-electron chi connectivity index (χ1n) is 8.74. The van der Waals surface area contributed by atoms with Gasteiger partial charge in [-0.05, 0) is 53.9 Å². The third-order valence-electron chi connectivity index (χ3n) is 4.16. The van der Waals surface area contributed by atoms with E-state index >= 15 is 0 Å². The van der Waals surface area contributed by atoms with E-state index in [2.05, 4.69) is 24.0 Å². The van der Waals surface area contributed by atoms with Crippen molar-refractivity contribution in [3.63, 3.8) is 0 Å². The van der Waals surface area contributed by atoms with Gasteiger partial charge >= 0.3 is 0 Å². The summed E-state index contributed by atoms with van der Waals surface area (Å²) in [5, 5.41) is 10.7. The van der Waals surface area contributed by atoms with Gasteiger partial charge in [-0.3, -0.25) is 15.1 Å². The molecule has 136 valence electrons. The fraction of sp³-hybridized carbons (Fsp3) is 0.136. The monoisotopic (exact) mass is 360 g/mol. The van der Waals surface area contributed by atoms with Crippen LogP contribution in [0, 0.1) is 10.1 Å². The predicted octanol–water partition coefficient (Wildman–Crippen LogP) is 5.49. The number of aryl methyl sites for hydroxylation is 1. The van der Waals surface area contributed by atoms with Gasteiger partial charge in [-0.2, -0.15) is 0 Å². The van der Waals surface area contributed by atoms with Crippen LogP contribution in [0.1, 0.15) is 23.6 Å². The second kappa shape index (κ2) is 8.76. The van der Waals surface area contributed by atoms with Gasteiger partial charge in [0.05, 0.1) is 10.6 Å². The van der Waals surface area contributed by atoms with Crippen LogP contribution >= 0.6 is 0 Å². The Balaban J connectivity index is 1.69. The highest BCUT2D eigenvalue weighted by Gasteiger charge is 2.05. The number of nitro benzene ring substituents is 1. The lowest BCUT2D eigenvalue weighted by Crippen LogP contribution is -1.98. The molecule has 0 fully saturated rings. The van der Waals surface area contributed by atoms with E-state index in [0.29, 0.717) is 12.4 Å². The summed E-state index contributed by atoms with van der Waals surface area (Å²) in [6, 6.07) is 22.1. The van der Waals surface area contributed by atoms with Gasteiger partial charge in [0.15, 0.2) is 0 Å². The summed E-state index contributed by atoms with van der Waals surface area (Å²) >= 11 is 0. The number of nitrogens with zero attached hydrogens (tertiary/aromatic N) is 2. The van der Waals surface area contributed by atoms with Crippen LogP contribution in [0.5, 0.6) is 5.75 Å². The van der Waals surface area contributed by atoms with Crippen LogP contribution in [-0.2, 0) is 13.0 Å². The van der Waals surface area contributed by atoms with Crippen LogP contribution < -0.4 is 4.74 Å². The van der Waals surface area contributed by atoms with E-state index < -0.39 is 4.92 Å². The summed E-state index contributed by atoms with van der Waals surface area (Å²) in [5.41, 5.74) is 3.97. The fourth-order valence-electron chi connectivity index (χ4n) is 2.56. The van der Waals surface area contributed by atoms with Crippen molar-refractivity contribution < 1.29 is 9.66 Å². The highest BCUT2D eigenvalue weighted by atomic mass is 16.6. The van der Waals surface area contributed by atoms with Crippen LogP contribution in [0.2, 0.25) is 0 Å². The minimum atomic E-state index is -0.413. The maximum atomic E-state index is 10.7. The maximum absolute atomic E-state index is 10.7. The van der Waals surface area contributed by atoms with Gasteiger partial charge in [0, 0.05) is 23.9 Å². The van der Waals surface area contributed by atoms with Crippen LogP contribution in [0.4, 0.5) is 11.4 Å². The largest absolute Gasteiger partial charge is 0.488 e. The minimum absolute atomic E-state index is 0.0698. The van der Waals surface area contributed by atoms with Crippen molar-refractivity contribution in [2.75, 3.05) is 0 Å². The zero-order chi connectivity index (χ0) is 19.1. The zero-order valence-electron chi connectivity index (χ0n) is 15.0. The van der Waals surface area contributed by atoms with E-state index in [4.69, 9.17) is 4.74 Å². The molecule has 3 rings (SSSR count). The van der Waals surface area contributed by atoms with Gasteiger partial charge < -0.3 is 4.74 Å². The summed E-state index contributed by atoms with van der Waals surface area (Å²) in [5.74, 6) is 0.713. The van der Waals surface area contributed by atoms with Crippen LogP contribution in [0.3, 0.4) is 0 Å². The van der Waals surface area contributed by atoms with Crippen molar-refractivity contribution >= 4 is 17.6 Å². The summed E-state index contributed by atoms with van der Waals surface area (Å²) < 4.78 is 5.89. The molecule has 0 aliphatic carbocycles. The number of ether oxygens (including phenoxy) is 1. The Morgan fingerprint density at radius 1 is 0.963 bits per heavy atom. The van der Waals surface area contributed by atoms with Crippen LogP contribution in [0.15, 0.2) is 77.8 Å². The van der Waals surface area contributed by atoms with Gasteiger partial charge in [-0.15, -0.1) is 0 Å². The molecule has 0 saturated heterocycles. The Morgan fingerprint density at radius 3 is 2.30 bits per heavy atom. The van der Waals surface area contributed by atoms with Gasteiger partial charge in [-0.25, -0.2) is 0 Å². The van der Waals surface area contributed by atoms with Gasteiger partial charge in [-0.1, -0.05) is 31.2 Å². The Hall–Kier alpha value is -3.47. The van der Waals surface area contributed by atoms with Crippen molar-refractivity contribution in [3.8, 4) is 5.75 Å². The summed E-state index contributed by atoms with van der Waals surface area (Å²) in [6.45, 7) is 2.45. The molecule has 0 saturated carbocycles. The quantitative estimate of drug-likeness (QED) is 0.318. The van der Waals surface area contributed by atoms with E-state index in [1.165, 1.54) is 17.7 Å². The Labute approximate surface area is 158 Å². The summed E-state index contributed by atoms with van der Waals surface area (Å²) in [7, 11) is 0. The zero-order valence-corrected chi connectivity index (χ0v) is 15.0. The molecule has 0 bridgehead atoms. The Kier molecular flexibility index (Phi) is 5.94. The molecule has 0 amide bonds. The molecule has 0 unspecified atom stereocenters. The van der Waals surface area contributed by atoms with E-state index in [1.807, 2.05) is 36.4 Å². The van der Waals surface area contributed by atoms with E-state index in [0.717, 1.165) is 23.2 Å². The molecule has 0 radical (unpaired) electrons. The molecule has 0 aliphatic rings. The smallest absolute Gasteiger partial charge is 0.269 e. The Morgan fingerprint density at radius 2 is 1.63 bits per heavy atom. The molecule has 27 heavy (non-hydrogen) atoms. The van der Waals surface area contributed by atoms with E-state index in [9.17, 15) is 10.1 Å². The molecule has 5 nitrogen and oxygen atoms in total. The highest BCUT2D eigenvalue weighted by Crippen LogP contribution is 2.20. The van der Waals surface area contributed by atoms with E-state index in [1.54, 1.807) is 18.3 Å². The molecule has 0 atom stereocenters. The van der Waals surface area contributed by atoms with Gasteiger partial charge in [0.1, 0.15) is 12.4 Å². The first-order chi connectivity index (χ1) is 13.2. The third kappa shape index (κ3) is 5.01. The summed E-state index contributed by atoms with van der Waals surface area (Å²) in [6.07, 6.45) is 2.79. The number of nitro groups is 1. The van der Waals surface area contributed by atoms with E-state index in [-0.39, 0.29) is 5.69 Å². The second-order valence-electron chi connectivity index (χ2n) is 6.03. The average molecular weight is 360 g/mol. The average Bonchev–Trinajstić information content (AvgIpc) is 2.72. The molecule has 0 N–H and O–H groups in total. The van der Waals surface area contributed by atoms with Crippen molar-refractivity contribution in [1.82, 2.24) is 0 Å². The number of non-ortho nitro benzene ring substituents is 1. The Bertz CT molecular complexity index is 933. The van der Waals surface area contributed by atoms with Crippen molar-refractivity contribution in [2.24, 2.45) is 4.99 Å². The van der Waals surface area contributed by atoms with Crippen molar-refractivity contribution in [1.29, 1.82) is 0 Å². The molecule has 3 aromatic carbocycles. The lowest BCUT2D eigenvalue weighted by Gasteiger charge is -2.09. The predicted molar refractivity (Wildman–Crippen MR) is 107 cm³/mol. The molecule has 0 aromatic heterocycles. The molecule has 0 heterocycles. The number of para-hydroxylation sites is 1. The number of hydrogen-bond acceptors (Lipinski definition) is 4. The lowest BCUT2D eigenvalue weighted by molar-refractivity contribution is -0.384. The van der Waals surface area contributed by atoms with Gasteiger partial charge in [0.2, 0.25) is 0 Å². The standard InChI is InChI=1S/C22H20N2O3/c1-2-17-7-11-20(12-8-17)23-15-19-5-3-4-6-22(19)27-16-18-9-13-21(14-10-18)24(25)26/h3-15H,2,16H2,1H3. The second-order valence-corrected chi connectivity index (χ2v) is 6.03. The first-order valence-corrected chi connectivity index (χ1v) is 8.74. The van der Waals surface area contributed by atoms with Crippen LogP contribution in [-0.4, -0.2) is 11.1 Å². The topological polar surface area (TPSA) is 64.7 Å². The first kappa shape index (κ1) is 18.3. The van der Waals surface area contributed by atoms with Crippen molar-refractivity contribution in [2.45, 2.75) is 20.0 Å². The van der Waals surface area contributed by atoms with Crippen LogP contribution in [0.25, 0.3) is 0 Å². The summed E-state index contributed by atoms with van der Waals surface area (Å²) in [4.78, 5) is 14.8. The number of rotatable bonds is 7. The molecular formula is C22H20N2O3. The molecule has 3 aromatic rings. The molecular weight excluding hydrogens is 340 g/mol. The lowest BCUT2D eigenvalue weighted by atomic mass is 10.1. The minimum Gasteiger partial charge on any atom is -0.488 e.